The summed E-state index contributed by atoms with van der Waals surface area (Å²) in [6.07, 6.45) is 3.40. The Bertz CT molecular complexity index is 1240. The van der Waals surface area contributed by atoms with Crippen molar-refractivity contribution >= 4 is 49.9 Å². The molecule has 0 saturated heterocycles. The molecule has 0 bridgehead atoms. The van der Waals surface area contributed by atoms with Gasteiger partial charge in [0, 0.05) is 26.5 Å². The number of anilines is 1. The summed E-state index contributed by atoms with van der Waals surface area (Å²) in [5.41, 5.74) is 0.345. The minimum Gasteiger partial charge on any atom is -0.508 e. The largest absolute Gasteiger partial charge is 0.508 e. The number of methoxy groups -OCH3 is 1. The van der Waals surface area contributed by atoms with E-state index in [9.17, 15) is 9.90 Å². The Morgan fingerprint density at radius 3 is 2.87 bits per heavy atom. The van der Waals surface area contributed by atoms with Gasteiger partial charge in [-0.1, -0.05) is 31.9 Å². The molecule has 0 saturated carbocycles. The van der Waals surface area contributed by atoms with Crippen LogP contribution in [0, 0.1) is 0 Å². The van der Waals surface area contributed by atoms with Gasteiger partial charge in [0.05, 0.1) is 13.2 Å². The van der Waals surface area contributed by atoms with E-state index in [-0.39, 0.29) is 17.7 Å². The number of nitrogens with zero attached hydrogens (tertiary/aromatic N) is 3. The van der Waals surface area contributed by atoms with Gasteiger partial charge in [0.15, 0.2) is 0 Å². The van der Waals surface area contributed by atoms with Crippen LogP contribution in [0.5, 0.6) is 11.5 Å². The van der Waals surface area contributed by atoms with E-state index in [0.717, 1.165) is 14.5 Å². The molecule has 0 fully saturated rings. The fourth-order valence-corrected chi connectivity index (χ4v) is 4.79. The number of ether oxygens (including phenoxy) is 2. The van der Waals surface area contributed by atoms with Gasteiger partial charge in [0.25, 0.3) is 0 Å². The summed E-state index contributed by atoms with van der Waals surface area (Å²) in [5, 5.41) is 18.2. The lowest BCUT2D eigenvalue weighted by atomic mass is 9.86. The van der Waals surface area contributed by atoms with Gasteiger partial charge >= 0.3 is 5.97 Å². The topological polar surface area (TPSA) is 98.5 Å². The van der Waals surface area contributed by atoms with E-state index in [2.05, 4.69) is 47.3 Å². The van der Waals surface area contributed by atoms with Crippen molar-refractivity contribution in [1.29, 1.82) is 0 Å². The Kier molecular flexibility index (Phi) is 4.78. The van der Waals surface area contributed by atoms with Gasteiger partial charge in [-0.05, 0) is 42.5 Å². The molecule has 2 N–H and O–H groups in total. The van der Waals surface area contributed by atoms with Crippen molar-refractivity contribution in [2.45, 2.75) is 18.2 Å². The number of phenolic OH excluding ortho intramolecular Hbond substituents is 1. The molecule has 2 aromatic carbocycles. The highest BCUT2D eigenvalue weighted by molar-refractivity contribution is 9.10. The third kappa shape index (κ3) is 3.21. The van der Waals surface area contributed by atoms with Crippen molar-refractivity contribution < 1.29 is 19.4 Å². The molecule has 8 nitrogen and oxygen atoms in total. The number of aromatic nitrogens is 3. The maximum Gasteiger partial charge on any atom is 0.339 e. The Labute approximate surface area is 194 Å². The monoisotopic (exact) mass is 546 g/mol. The average molecular weight is 548 g/mol. The molecule has 158 valence electrons. The predicted octanol–water partition coefficient (Wildman–Crippen LogP) is 4.37. The predicted molar refractivity (Wildman–Crippen MR) is 120 cm³/mol. The normalized spacial score (nSPS) is 21.4. The smallest absolute Gasteiger partial charge is 0.339 e. The van der Waals surface area contributed by atoms with Gasteiger partial charge in [-0.3, -0.25) is 0 Å². The second-order valence-electron chi connectivity index (χ2n) is 7.22. The third-order valence-electron chi connectivity index (χ3n) is 5.42. The molecule has 3 aromatic rings. The SMILES string of the molecule is COC(=O)C1=Cc2cc(Br)ccc2OC12CC(c1cc(Br)ccc1O)Nc1ncnn12. The van der Waals surface area contributed by atoms with E-state index in [4.69, 9.17) is 9.47 Å². The van der Waals surface area contributed by atoms with Crippen molar-refractivity contribution in [3.63, 3.8) is 0 Å². The second-order valence-corrected chi connectivity index (χ2v) is 9.05. The molecule has 5 rings (SSSR count). The van der Waals surface area contributed by atoms with Crippen molar-refractivity contribution in [3.8, 4) is 11.5 Å². The first-order valence-electron chi connectivity index (χ1n) is 9.36. The molecule has 1 spiro atoms. The minimum atomic E-state index is -1.32. The summed E-state index contributed by atoms with van der Waals surface area (Å²) in [7, 11) is 1.33. The highest BCUT2D eigenvalue weighted by Gasteiger charge is 2.52. The molecule has 2 aliphatic heterocycles. The van der Waals surface area contributed by atoms with Crippen molar-refractivity contribution in [2.75, 3.05) is 12.4 Å². The maximum absolute atomic E-state index is 12.9. The molecule has 31 heavy (non-hydrogen) atoms. The molecule has 3 heterocycles. The zero-order chi connectivity index (χ0) is 21.8. The molecule has 2 aliphatic rings. The summed E-state index contributed by atoms with van der Waals surface area (Å²) in [5.74, 6) is 0.584. The van der Waals surface area contributed by atoms with E-state index < -0.39 is 17.7 Å². The lowest BCUT2D eigenvalue weighted by Crippen LogP contribution is -2.51. The maximum atomic E-state index is 12.9. The molecule has 2 atom stereocenters. The fraction of sp³-hybridized carbons (Fsp3) is 0.190. The van der Waals surface area contributed by atoms with Crippen LogP contribution < -0.4 is 10.1 Å². The van der Waals surface area contributed by atoms with Crippen LogP contribution in [0.1, 0.15) is 23.6 Å². The van der Waals surface area contributed by atoms with Crippen LogP contribution in [-0.2, 0) is 15.3 Å². The number of hydrogen-bond acceptors (Lipinski definition) is 7. The highest BCUT2D eigenvalue weighted by Crippen LogP contribution is 2.49. The number of hydrogen-bond donors (Lipinski definition) is 2. The molecule has 0 aliphatic carbocycles. The Hall–Kier alpha value is -2.85. The Balaban J connectivity index is 1.71. The second kappa shape index (κ2) is 7.38. The van der Waals surface area contributed by atoms with Crippen LogP contribution in [0.4, 0.5) is 5.95 Å². The van der Waals surface area contributed by atoms with Crippen molar-refractivity contribution in [3.05, 3.63) is 68.4 Å². The van der Waals surface area contributed by atoms with Crippen LogP contribution in [0.3, 0.4) is 0 Å². The number of halogens is 2. The molecule has 0 radical (unpaired) electrons. The minimum absolute atomic E-state index is 0.118. The lowest BCUT2D eigenvalue weighted by Gasteiger charge is -2.44. The number of carbonyl (C=O) groups is 1. The summed E-state index contributed by atoms with van der Waals surface area (Å²) in [6, 6.07) is 10.3. The van der Waals surface area contributed by atoms with Gasteiger partial charge < -0.3 is 19.9 Å². The van der Waals surface area contributed by atoms with E-state index in [1.165, 1.54) is 13.4 Å². The van der Waals surface area contributed by atoms with E-state index in [1.807, 2.05) is 24.3 Å². The number of aromatic hydroxyl groups is 1. The van der Waals surface area contributed by atoms with Crippen molar-refractivity contribution in [1.82, 2.24) is 14.8 Å². The fourth-order valence-electron chi connectivity index (χ4n) is 4.03. The summed E-state index contributed by atoms with van der Waals surface area (Å²) < 4.78 is 14.8. The molecule has 0 amide bonds. The van der Waals surface area contributed by atoms with Crippen LogP contribution in [0.15, 0.2) is 57.2 Å². The summed E-state index contributed by atoms with van der Waals surface area (Å²) in [4.78, 5) is 17.2. The number of benzene rings is 2. The van der Waals surface area contributed by atoms with Gasteiger partial charge in [0.1, 0.15) is 23.4 Å². The van der Waals surface area contributed by atoms with Crippen LogP contribution >= 0.6 is 31.9 Å². The van der Waals surface area contributed by atoms with Crippen LogP contribution in [-0.4, -0.2) is 33.0 Å². The quantitative estimate of drug-likeness (QED) is 0.460. The first kappa shape index (κ1) is 20.1. The van der Waals surface area contributed by atoms with Crippen molar-refractivity contribution in [2.24, 2.45) is 0 Å². The Morgan fingerprint density at radius 1 is 1.29 bits per heavy atom. The molecular weight excluding hydrogens is 532 g/mol. The zero-order valence-corrected chi connectivity index (χ0v) is 19.3. The van der Waals surface area contributed by atoms with Crippen LogP contribution in [0.2, 0.25) is 0 Å². The number of nitrogens with one attached hydrogen (secondary N) is 1. The summed E-state index contributed by atoms with van der Waals surface area (Å²) >= 11 is 6.91. The van der Waals surface area contributed by atoms with E-state index >= 15 is 0 Å². The van der Waals surface area contributed by atoms with Gasteiger partial charge in [-0.25, -0.2) is 4.79 Å². The number of phenols is 1. The average Bonchev–Trinajstić information content (AvgIpc) is 3.24. The van der Waals surface area contributed by atoms with E-state index in [1.54, 1.807) is 22.9 Å². The molecule has 1 aromatic heterocycles. The van der Waals surface area contributed by atoms with E-state index in [0.29, 0.717) is 17.3 Å². The third-order valence-corrected chi connectivity index (χ3v) is 6.40. The Morgan fingerprint density at radius 2 is 2.06 bits per heavy atom. The van der Waals surface area contributed by atoms with Gasteiger partial charge in [0.2, 0.25) is 11.7 Å². The van der Waals surface area contributed by atoms with Crippen LogP contribution in [0.25, 0.3) is 6.08 Å². The zero-order valence-electron chi connectivity index (χ0n) is 16.2. The lowest BCUT2D eigenvalue weighted by molar-refractivity contribution is -0.140. The standard InChI is InChI=1S/C21H16Br2N4O4/c1-30-19(29)15-7-11-6-12(22)3-5-18(11)31-21(15)9-16(26-20-24-10-25-27(20)21)14-8-13(23)2-4-17(14)28/h2-8,10,16,28H,9H2,1H3,(H,24,25,26). The molecular formula is C21H16Br2N4O4. The summed E-state index contributed by atoms with van der Waals surface area (Å²) in [6.45, 7) is 0. The van der Waals surface area contributed by atoms with Gasteiger partial charge in [-0.15, -0.1) is 0 Å². The number of fused-ring (bicyclic) bond motifs is 3. The first-order chi connectivity index (χ1) is 14.9. The number of esters is 1. The van der Waals surface area contributed by atoms with Gasteiger partial charge in [-0.2, -0.15) is 14.8 Å². The highest BCUT2D eigenvalue weighted by atomic mass is 79.9. The molecule has 10 heteroatoms. The number of rotatable bonds is 2. The first-order valence-corrected chi connectivity index (χ1v) is 10.9. The number of carbonyl (C=O) groups excluding carboxylic acids is 1. The molecule has 2 unspecified atom stereocenters.